The number of nitrogens with one attached hydrogen (secondary N) is 2. The van der Waals surface area contributed by atoms with Crippen LogP contribution in [0.2, 0.25) is 10.0 Å². The first-order valence-electron chi connectivity index (χ1n) is 11.0. The lowest BCUT2D eigenvalue weighted by Gasteiger charge is -2.14. The van der Waals surface area contributed by atoms with Crippen LogP contribution in [0.15, 0.2) is 78.0 Å². The van der Waals surface area contributed by atoms with E-state index in [0.29, 0.717) is 22.1 Å². The van der Waals surface area contributed by atoms with Crippen LogP contribution < -0.4 is 10.6 Å². The van der Waals surface area contributed by atoms with Gasteiger partial charge in [0.25, 0.3) is 5.91 Å². The second-order valence-corrected chi connectivity index (χ2v) is 9.52. The lowest BCUT2D eigenvalue weighted by atomic mass is 10.1. The average Bonchev–Trinajstić information content (AvgIpc) is 3.30. The second kappa shape index (κ2) is 11.9. The summed E-state index contributed by atoms with van der Waals surface area (Å²) in [6, 6.07) is 18.1. The molecular formula is C25H18Cl2F3N5O2S. The van der Waals surface area contributed by atoms with Gasteiger partial charge in [0.15, 0.2) is 11.0 Å². The minimum atomic E-state index is -4.62. The number of hydrogen-bond acceptors (Lipinski definition) is 5. The van der Waals surface area contributed by atoms with Gasteiger partial charge in [-0.15, -0.1) is 10.2 Å². The number of para-hydroxylation sites is 1. The van der Waals surface area contributed by atoms with Crippen LogP contribution in [0.1, 0.15) is 21.7 Å². The smallest absolute Gasteiger partial charge is 0.345 e. The Bertz CT molecular complexity index is 1470. The van der Waals surface area contributed by atoms with Crippen molar-refractivity contribution in [2.75, 3.05) is 11.1 Å². The van der Waals surface area contributed by atoms with Gasteiger partial charge in [-0.25, -0.2) is 0 Å². The van der Waals surface area contributed by atoms with Crippen LogP contribution in [-0.4, -0.2) is 32.3 Å². The zero-order chi connectivity index (χ0) is 27.3. The summed E-state index contributed by atoms with van der Waals surface area (Å²) in [4.78, 5) is 25.1. The van der Waals surface area contributed by atoms with Crippen LogP contribution in [-0.2, 0) is 17.5 Å². The Balaban J connectivity index is 1.54. The summed E-state index contributed by atoms with van der Waals surface area (Å²) < 4.78 is 41.4. The molecule has 4 rings (SSSR count). The molecule has 0 bridgehead atoms. The maximum atomic E-state index is 13.3. The minimum Gasteiger partial charge on any atom is -0.345 e. The molecule has 0 saturated carbocycles. The maximum absolute atomic E-state index is 13.3. The van der Waals surface area contributed by atoms with E-state index in [4.69, 9.17) is 23.2 Å². The Morgan fingerprint density at radius 3 is 2.34 bits per heavy atom. The van der Waals surface area contributed by atoms with Crippen LogP contribution in [0.5, 0.6) is 0 Å². The van der Waals surface area contributed by atoms with E-state index in [1.54, 1.807) is 53.1 Å². The number of rotatable bonds is 8. The average molecular weight is 580 g/mol. The molecule has 0 atom stereocenters. The van der Waals surface area contributed by atoms with E-state index in [9.17, 15) is 22.8 Å². The molecule has 3 aromatic carbocycles. The molecule has 0 aliphatic carbocycles. The van der Waals surface area contributed by atoms with Crippen LogP contribution >= 0.6 is 35.0 Å². The standard InChI is InChI=1S/C25H18Cl2F3N5O2S/c26-18-11-10-16(12-19(18)27)35-21(13-31-23(37)15-6-2-1-3-7-15)33-34-24(35)38-14-22(36)32-20-9-5-4-8-17(20)25(28,29)30/h1-12H,13-14H2,(H,31,37)(H,32,36). The number of thioether (sulfide) groups is 1. The zero-order valence-corrected chi connectivity index (χ0v) is 21.6. The van der Waals surface area contributed by atoms with Gasteiger partial charge >= 0.3 is 6.18 Å². The molecule has 2 N–H and O–H groups in total. The molecule has 0 aliphatic heterocycles. The highest BCUT2D eigenvalue weighted by molar-refractivity contribution is 7.99. The molecule has 0 spiro atoms. The third kappa shape index (κ3) is 6.66. The lowest BCUT2D eigenvalue weighted by molar-refractivity contribution is -0.137. The van der Waals surface area contributed by atoms with E-state index in [1.165, 1.54) is 18.2 Å². The van der Waals surface area contributed by atoms with E-state index in [-0.39, 0.29) is 34.1 Å². The van der Waals surface area contributed by atoms with Gasteiger partial charge in [-0.3, -0.25) is 14.2 Å². The Morgan fingerprint density at radius 2 is 1.63 bits per heavy atom. The highest BCUT2D eigenvalue weighted by Crippen LogP contribution is 2.35. The summed E-state index contributed by atoms with van der Waals surface area (Å²) in [5.41, 5.74) is -0.327. The number of carbonyl (C=O) groups is 2. The molecule has 1 aromatic heterocycles. The third-order valence-corrected chi connectivity index (χ3v) is 6.81. The molecule has 38 heavy (non-hydrogen) atoms. The van der Waals surface area contributed by atoms with Crippen molar-refractivity contribution in [2.45, 2.75) is 17.9 Å². The molecular weight excluding hydrogens is 562 g/mol. The monoisotopic (exact) mass is 579 g/mol. The first-order valence-corrected chi connectivity index (χ1v) is 12.7. The molecule has 2 amide bonds. The number of benzene rings is 3. The topological polar surface area (TPSA) is 88.9 Å². The Hall–Kier alpha value is -3.54. The minimum absolute atomic E-state index is 0.00725. The van der Waals surface area contributed by atoms with Gasteiger partial charge in [0, 0.05) is 5.56 Å². The summed E-state index contributed by atoms with van der Waals surface area (Å²) in [5, 5.41) is 14.2. The number of anilines is 1. The van der Waals surface area contributed by atoms with E-state index in [2.05, 4.69) is 20.8 Å². The molecule has 13 heteroatoms. The van der Waals surface area contributed by atoms with Gasteiger partial charge in [-0.05, 0) is 42.5 Å². The second-order valence-electron chi connectivity index (χ2n) is 7.76. The van der Waals surface area contributed by atoms with Crippen molar-refractivity contribution in [2.24, 2.45) is 0 Å². The van der Waals surface area contributed by atoms with Crippen molar-refractivity contribution in [3.8, 4) is 5.69 Å². The fraction of sp³-hybridized carbons (Fsp3) is 0.120. The first kappa shape index (κ1) is 27.5. The largest absolute Gasteiger partial charge is 0.418 e. The fourth-order valence-electron chi connectivity index (χ4n) is 3.40. The molecule has 196 valence electrons. The van der Waals surface area contributed by atoms with Gasteiger partial charge in [0.1, 0.15) is 0 Å². The highest BCUT2D eigenvalue weighted by Gasteiger charge is 2.33. The zero-order valence-electron chi connectivity index (χ0n) is 19.3. The number of alkyl halides is 3. The molecule has 7 nitrogen and oxygen atoms in total. The summed E-state index contributed by atoms with van der Waals surface area (Å²) >= 11 is 13.2. The number of aromatic nitrogens is 3. The van der Waals surface area contributed by atoms with Crippen molar-refractivity contribution in [3.05, 3.63) is 99.8 Å². The van der Waals surface area contributed by atoms with Crippen LogP contribution in [0.25, 0.3) is 5.69 Å². The van der Waals surface area contributed by atoms with Crippen LogP contribution in [0, 0.1) is 0 Å². The van der Waals surface area contributed by atoms with Crippen molar-refractivity contribution < 1.29 is 22.8 Å². The number of nitrogens with zero attached hydrogens (tertiary/aromatic N) is 3. The summed E-state index contributed by atoms with van der Waals surface area (Å²) in [6.07, 6.45) is -4.62. The van der Waals surface area contributed by atoms with E-state index < -0.39 is 17.6 Å². The van der Waals surface area contributed by atoms with E-state index in [1.807, 2.05) is 0 Å². The van der Waals surface area contributed by atoms with Gasteiger partial charge in [0.2, 0.25) is 5.91 Å². The molecule has 1 heterocycles. The van der Waals surface area contributed by atoms with E-state index in [0.717, 1.165) is 17.8 Å². The molecule has 0 radical (unpaired) electrons. The van der Waals surface area contributed by atoms with Crippen molar-refractivity contribution >= 4 is 52.5 Å². The van der Waals surface area contributed by atoms with Crippen molar-refractivity contribution in [3.63, 3.8) is 0 Å². The molecule has 0 unspecified atom stereocenters. The Morgan fingerprint density at radius 1 is 0.921 bits per heavy atom. The summed E-state index contributed by atoms with van der Waals surface area (Å²) in [7, 11) is 0. The first-order chi connectivity index (χ1) is 18.1. The third-order valence-electron chi connectivity index (χ3n) is 5.14. The molecule has 0 fully saturated rings. The van der Waals surface area contributed by atoms with Crippen LogP contribution in [0.3, 0.4) is 0 Å². The predicted molar refractivity (Wildman–Crippen MR) is 140 cm³/mol. The Kier molecular flexibility index (Phi) is 8.60. The van der Waals surface area contributed by atoms with Gasteiger partial charge in [0.05, 0.1) is 39.3 Å². The number of amides is 2. The van der Waals surface area contributed by atoms with E-state index >= 15 is 0 Å². The normalized spacial score (nSPS) is 11.3. The molecule has 4 aromatic rings. The summed E-state index contributed by atoms with van der Waals surface area (Å²) in [6.45, 7) is -0.00725. The number of hydrogen-bond donors (Lipinski definition) is 2. The lowest BCUT2D eigenvalue weighted by Crippen LogP contribution is -2.24. The predicted octanol–water partition coefficient (Wildman–Crippen LogP) is 6.25. The van der Waals surface area contributed by atoms with Gasteiger partial charge in [-0.1, -0.05) is 65.3 Å². The number of carbonyl (C=O) groups excluding carboxylic acids is 2. The Labute approximate surface area is 229 Å². The maximum Gasteiger partial charge on any atom is 0.418 e. The van der Waals surface area contributed by atoms with Crippen molar-refractivity contribution in [1.82, 2.24) is 20.1 Å². The van der Waals surface area contributed by atoms with Crippen LogP contribution in [0.4, 0.5) is 18.9 Å². The molecule has 0 aliphatic rings. The molecule has 0 saturated heterocycles. The quantitative estimate of drug-likeness (QED) is 0.241. The van der Waals surface area contributed by atoms with Crippen molar-refractivity contribution in [1.29, 1.82) is 0 Å². The number of halogens is 5. The van der Waals surface area contributed by atoms with Gasteiger partial charge in [-0.2, -0.15) is 13.2 Å². The SMILES string of the molecule is O=C(CSc1nnc(CNC(=O)c2ccccc2)n1-c1ccc(Cl)c(Cl)c1)Nc1ccccc1C(F)(F)F. The highest BCUT2D eigenvalue weighted by atomic mass is 35.5. The fourth-order valence-corrected chi connectivity index (χ4v) is 4.46. The van der Waals surface area contributed by atoms with Gasteiger partial charge < -0.3 is 10.6 Å². The summed E-state index contributed by atoms with van der Waals surface area (Å²) in [5.74, 6) is -0.930.